The summed E-state index contributed by atoms with van der Waals surface area (Å²) in [5, 5.41) is 7.84. The molecule has 2 N–H and O–H groups in total. The Hall–Kier alpha value is -0.980. The summed E-state index contributed by atoms with van der Waals surface area (Å²) >= 11 is 8.57. The number of rotatable bonds is 6. The standard InChI is InChI=1S/C13H18BrN3OS/c1-3-12(10-5-4-6-11(14)9-10)16-17-13(19)15-7-8-18-2/h4-6,9H,3,7-8H2,1-2H3,(H2,15,17,19)/b16-12-. The number of benzene rings is 1. The van der Waals surface area contributed by atoms with Crippen LogP contribution in [0, 0.1) is 0 Å². The summed E-state index contributed by atoms with van der Waals surface area (Å²) in [6, 6.07) is 8.03. The van der Waals surface area contributed by atoms with Crippen molar-refractivity contribution in [1.29, 1.82) is 0 Å². The fourth-order valence-electron chi connectivity index (χ4n) is 1.44. The van der Waals surface area contributed by atoms with Crippen LogP contribution in [-0.2, 0) is 4.74 Å². The zero-order valence-electron chi connectivity index (χ0n) is 11.1. The van der Waals surface area contributed by atoms with E-state index in [1.807, 2.05) is 24.3 Å². The third-order valence-electron chi connectivity index (χ3n) is 2.38. The fraction of sp³-hybridized carbons (Fsp3) is 0.385. The Morgan fingerprint density at radius 1 is 1.47 bits per heavy atom. The first-order valence-corrected chi connectivity index (χ1v) is 7.22. The number of hydrogen-bond acceptors (Lipinski definition) is 3. The Bertz CT molecular complexity index is 451. The Kier molecular flexibility index (Phi) is 7.62. The third kappa shape index (κ3) is 6.13. The molecule has 0 bridgehead atoms. The van der Waals surface area contributed by atoms with E-state index in [0.717, 1.165) is 22.2 Å². The summed E-state index contributed by atoms with van der Waals surface area (Å²) in [7, 11) is 1.65. The smallest absolute Gasteiger partial charge is 0.187 e. The monoisotopic (exact) mass is 343 g/mol. The first kappa shape index (κ1) is 16.1. The molecule has 0 aliphatic heterocycles. The molecule has 1 aromatic carbocycles. The topological polar surface area (TPSA) is 45.7 Å². The van der Waals surface area contributed by atoms with Crippen LogP contribution >= 0.6 is 28.1 Å². The molecule has 0 atom stereocenters. The highest BCUT2D eigenvalue weighted by Crippen LogP contribution is 2.13. The minimum absolute atomic E-state index is 0.498. The maximum atomic E-state index is 5.12. The molecule has 0 radical (unpaired) electrons. The highest BCUT2D eigenvalue weighted by Gasteiger charge is 2.02. The maximum absolute atomic E-state index is 5.12. The number of methoxy groups -OCH3 is 1. The van der Waals surface area contributed by atoms with Crippen molar-refractivity contribution in [1.82, 2.24) is 10.7 Å². The molecule has 0 fully saturated rings. The number of hydrazone groups is 1. The lowest BCUT2D eigenvalue weighted by molar-refractivity contribution is 0.204. The van der Waals surface area contributed by atoms with Crippen LogP contribution in [0.5, 0.6) is 0 Å². The average molecular weight is 344 g/mol. The molecule has 0 saturated heterocycles. The van der Waals surface area contributed by atoms with Crippen LogP contribution in [0.15, 0.2) is 33.8 Å². The Morgan fingerprint density at radius 3 is 2.89 bits per heavy atom. The lowest BCUT2D eigenvalue weighted by Crippen LogP contribution is -2.34. The number of nitrogens with one attached hydrogen (secondary N) is 2. The molecule has 0 aliphatic carbocycles. The van der Waals surface area contributed by atoms with Crippen molar-refractivity contribution in [3.05, 3.63) is 34.3 Å². The summed E-state index contributed by atoms with van der Waals surface area (Å²) in [6.07, 6.45) is 0.824. The van der Waals surface area contributed by atoms with E-state index >= 15 is 0 Å². The molecular weight excluding hydrogens is 326 g/mol. The van der Waals surface area contributed by atoms with Gasteiger partial charge in [-0.15, -0.1) is 0 Å². The van der Waals surface area contributed by atoms with Gasteiger partial charge < -0.3 is 10.1 Å². The molecule has 0 aromatic heterocycles. The molecule has 0 saturated carbocycles. The first-order chi connectivity index (χ1) is 9.17. The van der Waals surface area contributed by atoms with Gasteiger partial charge >= 0.3 is 0 Å². The molecule has 1 rings (SSSR count). The Morgan fingerprint density at radius 2 is 2.26 bits per heavy atom. The Labute approximate surface area is 127 Å². The maximum Gasteiger partial charge on any atom is 0.187 e. The molecule has 0 amide bonds. The van der Waals surface area contributed by atoms with Crippen LogP contribution in [-0.4, -0.2) is 31.1 Å². The number of nitrogens with zero attached hydrogens (tertiary/aromatic N) is 1. The van der Waals surface area contributed by atoms with Crippen molar-refractivity contribution in [2.45, 2.75) is 13.3 Å². The van der Waals surface area contributed by atoms with Crippen LogP contribution in [0.2, 0.25) is 0 Å². The molecular formula is C13H18BrN3OS. The fourth-order valence-corrected chi connectivity index (χ4v) is 1.99. The lowest BCUT2D eigenvalue weighted by Gasteiger charge is -2.09. The van der Waals surface area contributed by atoms with E-state index in [2.05, 4.69) is 38.7 Å². The summed E-state index contributed by atoms with van der Waals surface area (Å²) in [6.45, 7) is 3.33. The van der Waals surface area contributed by atoms with E-state index in [4.69, 9.17) is 17.0 Å². The van der Waals surface area contributed by atoms with E-state index in [0.29, 0.717) is 18.3 Å². The van der Waals surface area contributed by atoms with Crippen molar-refractivity contribution >= 4 is 39.0 Å². The van der Waals surface area contributed by atoms with Crippen molar-refractivity contribution in [3.63, 3.8) is 0 Å². The second-order valence-electron chi connectivity index (χ2n) is 3.78. The minimum atomic E-state index is 0.498. The van der Waals surface area contributed by atoms with E-state index in [1.54, 1.807) is 7.11 Å². The van der Waals surface area contributed by atoms with Crippen molar-refractivity contribution in [2.75, 3.05) is 20.3 Å². The van der Waals surface area contributed by atoms with Gasteiger partial charge in [0.2, 0.25) is 0 Å². The van der Waals surface area contributed by atoms with Crippen LogP contribution in [0.4, 0.5) is 0 Å². The largest absolute Gasteiger partial charge is 0.383 e. The lowest BCUT2D eigenvalue weighted by atomic mass is 10.1. The molecule has 4 nitrogen and oxygen atoms in total. The molecule has 6 heteroatoms. The summed E-state index contributed by atoms with van der Waals surface area (Å²) in [5.41, 5.74) is 4.88. The van der Waals surface area contributed by atoms with Crippen LogP contribution < -0.4 is 10.7 Å². The second kappa shape index (κ2) is 9.01. The Balaban J connectivity index is 2.59. The predicted molar refractivity (Wildman–Crippen MR) is 86.6 cm³/mol. The van der Waals surface area contributed by atoms with E-state index in [-0.39, 0.29) is 0 Å². The van der Waals surface area contributed by atoms with Crippen LogP contribution in [0.1, 0.15) is 18.9 Å². The van der Waals surface area contributed by atoms with Crippen molar-refractivity contribution in [3.8, 4) is 0 Å². The van der Waals surface area contributed by atoms with Crippen molar-refractivity contribution < 1.29 is 4.74 Å². The molecule has 0 heterocycles. The first-order valence-electron chi connectivity index (χ1n) is 6.02. The average Bonchev–Trinajstić information content (AvgIpc) is 2.40. The quantitative estimate of drug-likeness (QED) is 0.361. The molecule has 0 unspecified atom stereocenters. The van der Waals surface area contributed by atoms with E-state index in [1.165, 1.54) is 0 Å². The summed E-state index contributed by atoms with van der Waals surface area (Å²) in [4.78, 5) is 0. The van der Waals surface area contributed by atoms with Gasteiger partial charge in [-0.25, -0.2) is 0 Å². The zero-order chi connectivity index (χ0) is 14.1. The van der Waals surface area contributed by atoms with Gasteiger partial charge in [0.05, 0.1) is 12.3 Å². The van der Waals surface area contributed by atoms with Crippen molar-refractivity contribution in [2.24, 2.45) is 5.10 Å². The van der Waals surface area contributed by atoms with Crippen LogP contribution in [0.3, 0.4) is 0 Å². The predicted octanol–water partition coefficient (Wildman–Crippen LogP) is 2.67. The normalized spacial score (nSPS) is 11.2. The number of ether oxygens (including phenoxy) is 1. The van der Waals surface area contributed by atoms with Gasteiger partial charge in [-0.3, -0.25) is 5.43 Å². The summed E-state index contributed by atoms with van der Waals surface area (Å²) in [5.74, 6) is 0. The number of thiocarbonyl (C=S) groups is 1. The molecule has 0 aliphatic rings. The zero-order valence-corrected chi connectivity index (χ0v) is 13.5. The molecule has 0 spiro atoms. The highest BCUT2D eigenvalue weighted by atomic mass is 79.9. The van der Waals surface area contributed by atoms with E-state index in [9.17, 15) is 0 Å². The van der Waals surface area contributed by atoms with Gasteiger partial charge in [0.25, 0.3) is 0 Å². The van der Waals surface area contributed by atoms with Gasteiger partial charge in [-0.1, -0.05) is 35.0 Å². The van der Waals surface area contributed by atoms with Gasteiger partial charge in [0.15, 0.2) is 5.11 Å². The SMILES string of the molecule is CC/C(=N/NC(=S)NCCOC)c1cccc(Br)c1. The van der Waals surface area contributed by atoms with Crippen LogP contribution in [0.25, 0.3) is 0 Å². The summed E-state index contributed by atoms with van der Waals surface area (Å²) < 4.78 is 5.96. The molecule has 19 heavy (non-hydrogen) atoms. The van der Waals surface area contributed by atoms with Gasteiger partial charge in [-0.05, 0) is 36.3 Å². The highest BCUT2D eigenvalue weighted by molar-refractivity contribution is 9.10. The minimum Gasteiger partial charge on any atom is -0.383 e. The van der Waals surface area contributed by atoms with E-state index < -0.39 is 0 Å². The number of hydrogen-bond donors (Lipinski definition) is 2. The van der Waals surface area contributed by atoms with Gasteiger partial charge in [-0.2, -0.15) is 5.10 Å². The molecule has 1 aromatic rings. The second-order valence-corrected chi connectivity index (χ2v) is 5.11. The van der Waals surface area contributed by atoms with Gasteiger partial charge in [0.1, 0.15) is 0 Å². The van der Waals surface area contributed by atoms with Gasteiger partial charge in [0, 0.05) is 18.1 Å². The third-order valence-corrected chi connectivity index (χ3v) is 3.11. The molecule has 104 valence electrons. The number of halogens is 1.